The molecular weight excluding hydrogens is 250 g/mol. The van der Waals surface area contributed by atoms with Crippen LogP contribution in [0.2, 0.25) is 0 Å². The zero-order chi connectivity index (χ0) is 13.7. The summed E-state index contributed by atoms with van der Waals surface area (Å²) in [5, 5.41) is 2.85. The minimum absolute atomic E-state index is 0.0690. The topological polar surface area (TPSA) is 69.9 Å². The highest BCUT2D eigenvalue weighted by atomic mass is 16.6. The first-order chi connectivity index (χ1) is 9.26. The SMILES string of the molecule is CO[C@H]1[C@H](CNC(=O)c2ccoc2)COC[C@H]1OC. The van der Waals surface area contributed by atoms with E-state index in [2.05, 4.69) is 5.32 Å². The van der Waals surface area contributed by atoms with E-state index in [-0.39, 0.29) is 24.0 Å². The van der Waals surface area contributed by atoms with Gasteiger partial charge in [0.2, 0.25) is 0 Å². The molecule has 1 saturated heterocycles. The van der Waals surface area contributed by atoms with E-state index in [4.69, 9.17) is 18.6 Å². The minimum Gasteiger partial charge on any atom is -0.472 e. The highest BCUT2D eigenvalue weighted by Crippen LogP contribution is 2.19. The predicted octanol–water partition coefficient (Wildman–Crippen LogP) is 0.686. The highest BCUT2D eigenvalue weighted by Gasteiger charge is 2.34. The zero-order valence-corrected chi connectivity index (χ0v) is 11.1. The van der Waals surface area contributed by atoms with Gasteiger partial charge in [0.25, 0.3) is 5.91 Å². The summed E-state index contributed by atoms with van der Waals surface area (Å²) in [6.07, 6.45) is 2.70. The van der Waals surface area contributed by atoms with E-state index in [0.29, 0.717) is 25.3 Å². The summed E-state index contributed by atoms with van der Waals surface area (Å²) >= 11 is 0. The first kappa shape index (κ1) is 14.0. The number of hydrogen-bond donors (Lipinski definition) is 1. The average Bonchev–Trinajstić information content (AvgIpc) is 2.98. The summed E-state index contributed by atoms with van der Waals surface area (Å²) in [6, 6.07) is 1.62. The molecule has 2 rings (SSSR count). The molecule has 1 amide bonds. The van der Waals surface area contributed by atoms with Crippen LogP contribution >= 0.6 is 0 Å². The molecule has 0 aliphatic carbocycles. The van der Waals surface area contributed by atoms with Crippen LogP contribution in [0, 0.1) is 5.92 Å². The molecule has 0 saturated carbocycles. The fourth-order valence-corrected chi connectivity index (χ4v) is 2.27. The van der Waals surface area contributed by atoms with Crippen LogP contribution in [0.1, 0.15) is 10.4 Å². The van der Waals surface area contributed by atoms with Gasteiger partial charge in [0, 0.05) is 26.7 Å². The Balaban J connectivity index is 1.88. The van der Waals surface area contributed by atoms with Crippen LogP contribution in [0.5, 0.6) is 0 Å². The molecule has 0 spiro atoms. The Morgan fingerprint density at radius 2 is 2.26 bits per heavy atom. The Hall–Kier alpha value is -1.37. The van der Waals surface area contributed by atoms with Gasteiger partial charge in [0.15, 0.2) is 0 Å². The van der Waals surface area contributed by atoms with Gasteiger partial charge in [-0.05, 0) is 6.07 Å². The van der Waals surface area contributed by atoms with Crippen LogP contribution in [0.4, 0.5) is 0 Å². The van der Waals surface area contributed by atoms with Crippen molar-refractivity contribution < 1.29 is 23.4 Å². The maximum atomic E-state index is 11.8. The summed E-state index contributed by atoms with van der Waals surface area (Å²) in [7, 11) is 3.28. The fourth-order valence-electron chi connectivity index (χ4n) is 2.27. The smallest absolute Gasteiger partial charge is 0.254 e. The molecule has 1 aliphatic heterocycles. The Kier molecular flexibility index (Phi) is 4.95. The first-order valence-corrected chi connectivity index (χ1v) is 6.20. The lowest BCUT2D eigenvalue weighted by atomic mass is 9.96. The molecule has 1 aromatic rings. The maximum absolute atomic E-state index is 11.8. The van der Waals surface area contributed by atoms with Gasteiger partial charge in [-0.25, -0.2) is 0 Å². The van der Waals surface area contributed by atoms with E-state index in [1.807, 2.05) is 0 Å². The average molecular weight is 269 g/mol. The number of rotatable bonds is 5. The molecule has 0 unspecified atom stereocenters. The lowest BCUT2D eigenvalue weighted by Gasteiger charge is -2.36. The van der Waals surface area contributed by atoms with E-state index < -0.39 is 0 Å². The first-order valence-electron chi connectivity index (χ1n) is 6.20. The Labute approximate surface area is 112 Å². The Morgan fingerprint density at radius 1 is 1.42 bits per heavy atom. The van der Waals surface area contributed by atoms with Gasteiger partial charge in [-0.3, -0.25) is 4.79 Å². The number of carbonyl (C=O) groups excluding carboxylic acids is 1. The molecule has 2 heterocycles. The van der Waals surface area contributed by atoms with Gasteiger partial charge in [0.1, 0.15) is 12.4 Å². The number of methoxy groups -OCH3 is 2. The molecule has 106 valence electrons. The summed E-state index contributed by atoms with van der Waals surface area (Å²) < 4.78 is 21.1. The molecule has 6 heteroatoms. The van der Waals surface area contributed by atoms with Crippen molar-refractivity contribution in [3.63, 3.8) is 0 Å². The number of hydrogen-bond acceptors (Lipinski definition) is 5. The summed E-state index contributed by atoms with van der Waals surface area (Å²) in [5.41, 5.74) is 0.508. The second-order valence-electron chi connectivity index (χ2n) is 4.49. The van der Waals surface area contributed by atoms with Gasteiger partial charge in [0.05, 0.1) is 31.1 Å². The predicted molar refractivity (Wildman–Crippen MR) is 66.9 cm³/mol. The monoisotopic (exact) mass is 269 g/mol. The summed E-state index contributed by atoms with van der Waals surface area (Å²) in [4.78, 5) is 11.8. The van der Waals surface area contributed by atoms with E-state index in [1.165, 1.54) is 12.5 Å². The van der Waals surface area contributed by atoms with Crippen molar-refractivity contribution in [1.29, 1.82) is 0 Å². The van der Waals surface area contributed by atoms with E-state index >= 15 is 0 Å². The minimum atomic E-state index is -0.164. The lowest BCUT2D eigenvalue weighted by molar-refractivity contribution is -0.145. The number of furan rings is 1. The van der Waals surface area contributed by atoms with Crippen LogP contribution < -0.4 is 5.32 Å². The van der Waals surface area contributed by atoms with E-state index in [1.54, 1.807) is 20.3 Å². The standard InChI is InChI=1S/C13H19NO5/c1-16-11-8-19-7-10(12(11)17-2)5-14-13(15)9-3-4-18-6-9/h3-4,6,10-12H,5,7-8H2,1-2H3,(H,14,15)/t10-,11-,12+/m1/s1. The van der Waals surface area contributed by atoms with Crippen molar-refractivity contribution in [2.24, 2.45) is 5.92 Å². The van der Waals surface area contributed by atoms with Crippen molar-refractivity contribution in [3.05, 3.63) is 24.2 Å². The Bertz CT molecular complexity index is 392. The second kappa shape index (κ2) is 6.70. The van der Waals surface area contributed by atoms with Gasteiger partial charge in [-0.15, -0.1) is 0 Å². The van der Waals surface area contributed by atoms with Crippen LogP contribution in [0.15, 0.2) is 23.0 Å². The Morgan fingerprint density at radius 3 is 2.89 bits per heavy atom. The molecule has 0 aromatic carbocycles. The third kappa shape index (κ3) is 3.34. The second-order valence-corrected chi connectivity index (χ2v) is 4.49. The molecular formula is C13H19NO5. The third-order valence-electron chi connectivity index (χ3n) is 3.33. The molecule has 1 aliphatic rings. The normalized spacial score (nSPS) is 27.2. The van der Waals surface area contributed by atoms with Crippen molar-refractivity contribution in [1.82, 2.24) is 5.32 Å². The molecule has 0 radical (unpaired) electrons. The number of carbonyl (C=O) groups is 1. The van der Waals surface area contributed by atoms with Crippen LogP contribution in [0.3, 0.4) is 0 Å². The number of ether oxygens (including phenoxy) is 3. The van der Waals surface area contributed by atoms with E-state index in [0.717, 1.165) is 0 Å². The maximum Gasteiger partial charge on any atom is 0.254 e. The van der Waals surface area contributed by atoms with Crippen LogP contribution in [-0.2, 0) is 14.2 Å². The van der Waals surface area contributed by atoms with Gasteiger partial charge in [-0.2, -0.15) is 0 Å². The third-order valence-corrected chi connectivity index (χ3v) is 3.33. The van der Waals surface area contributed by atoms with Crippen LogP contribution in [-0.4, -0.2) is 52.1 Å². The molecule has 1 aromatic heterocycles. The van der Waals surface area contributed by atoms with Crippen molar-refractivity contribution in [3.8, 4) is 0 Å². The quantitative estimate of drug-likeness (QED) is 0.851. The fraction of sp³-hybridized carbons (Fsp3) is 0.615. The number of amides is 1. The van der Waals surface area contributed by atoms with Crippen molar-refractivity contribution >= 4 is 5.91 Å². The largest absolute Gasteiger partial charge is 0.472 e. The highest BCUT2D eigenvalue weighted by molar-refractivity contribution is 5.93. The molecule has 6 nitrogen and oxygen atoms in total. The molecule has 19 heavy (non-hydrogen) atoms. The van der Waals surface area contributed by atoms with Crippen molar-refractivity contribution in [2.45, 2.75) is 12.2 Å². The summed E-state index contributed by atoms with van der Waals surface area (Å²) in [5.74, 6) is -0.0947. The summed E-state index contributed by atoms with van der Waals surface area (Å²) in [6.45, 7) is 1.54. The van der Waals surface area contributed by atoms with Gasteiger partial charge in [-0.1, -0.05) is 0 Å². The van der Waals surface area contributed by atoms with Crippen molar-refractivity contribution in [2.75, 3.05) is 34.0 Å². The molecule has 3 atom stereocenters. The van der Waals surface area contributed by atoms with E-state index in [9.17, 15) is 4.79 Å². The molecule has 1 fully saturated rings. The van der Waals surface area contributed by atoms with Gasteiger partial charge >= 0.3 is 0 Å². The zero-order valence-electron chi connectivity index (χ0n) is 11.1. The van der Waals surface area contributed by atoms with Gasteiger partial charge < -0.3 is 23.9 Å². The molecule has 1 N–H and O–H groups in total. The van der Waals surface area contributed by atoms with Crippen LogP contribution in [0.25, 0.3) is 0 Å². The lowest BCUT2D eigenvalue weighted by Crippen LogP contribution is -2.50. The number of nitrogens with one attached hydrogen (secondary N) is 1. The molecule has 0 bridgehead atoms.